The van der Waals surface area contributed by atoms with Crippen LogP contribution in [0.15, 0.2) is 17.3 Å². The van der Waals surface area contributed by atoms with E-state index in [0.29, 0.717) is 0 Å². The highest BCUT2D eigenvalue weighted by Gasteiger charge is 1.88. The zero-order chi connectivity index (χ0) is 7.98. The van der Waals surface area contributed by atoms with Gasteiger partial charge in [-0.2, -0.15) is 4.99 Å². The average Bonchev–Trinajstić information content (AvgIpc) is 1.82. The highest BCUT2D eigenvalue weighted by Crippen LogP contribution is 1.76. The van der Waals surface area contributed by atoms with Crippen LogP contribution in [-0.4, -0.2) is 19.7 Å². The van der Waals surface area contributed by atoms with Crippen LogP contribution in [0.4, 0.5) is 0 Å². The number of hydrogen-bond donors (Lipinski definition) is 2. The number of carbonyl (C=O) groups is 1. The van der Waals surface area contributed by atoms with Gasteiger partial charge in [-0.15, -0.1) is 0 Å². The Morgan fingerprint density at radius 2 is 2.40 bits per heavy atom. The van der Waals surface area contributed by atoms with E-state index in [1.807, 2.05) is 0 Å². The number of carbonyl (C=O) groups excluding carboxylic acids is 1. The second-order valence-electron chi connectivity index (χ2n) is 1.71. The molecule has 0 aliphatic rings. The molecule has 0 spiro atoms. The summed E-state index contributed by atoms with van der Waals surface area (Å²) in [5.41, 5.74) is 5.14. The molecule has 0 saturated heterocycles. The fourth-order valence-electron chi connectivity index (χ4n) is 0.366. The number of amides is 1. The van der Waals surface area contributed by atoms with Crippen LogP contribution >= 0.6 is 0 Å². The Morgan fingerprint density at radius 3 is 2.80 bits per heavy atom. The van der Waals surface area contributed by atoms with Crippen molar-refractivity contribution < 1.29 is 4.79 Å². The SMILES string of the molecule is BN/C=C\C(=O)/N=C(\C)N. The van der Waals surface area contributed by atoms with E-state index in [1.54, 1.807) is 14.9 Å². The molecule has 4 nitrogen and oxygen atoms in total. The number of nitrogens with one attached hydrogen (secondary N) is 1. The number of hydrogen-bond acceptors (Lipinski definition) is 2. The molecule has 1 amide bonds. The summed E-state index contributed by atoms with van der Waals surface area (Å²) in [6, 6.07) is 0. The van der Waals surface area contributed by atoms with Crippen molar-refractivity contribution in [3.05, 3.63) is 12.3 Å². The molecule has 0 aliphatic heterocycles. The molecule has 0 unspecified atom stereocenters. The van der Waals surface area contributed by atoms with Gasteiger partial charge in [0.05, 0.1) is 0 Å². The van der Waals surface area contributed by atoms with Gasteiger partial charge in [-0.25, -0.2) is 0 Å². The van der Waals surface area contributed by atoms with Gasteiger partial charge < -0.3 is 11.0 Å². The largest absolute Gasteiger partial charge is 0.440 e. The molecule has 54 valence electrons. The van der Waals surface area contributed by atoms with Gasteiger partial charge in [0, 0.05) is 6.08 Å². The van der Waals surface area contributed by atoms with E-state index in [4.69, 9.17) is 5.73 Å². The minimum absolute atomic E-state index is 0.269. The topological polar surface area (TPSA) is 67.5 Å². The Labute approximate surface area is 60.6 Å². The van der Waals surface area contributed by atoms with Gasteiger partial charge in [0.25, 0.3) is 5.91 Å². The number of aliphatic imine (C=N–C) groups is 1. The van der Waals surface area contributed by atoms with Gasteiger partial charge in [-0.3, -0.25) is 4.79 Å². The Morgan fingerprint density at radius 1 is 1.80 bits per heavy atom. The van der Waals surface area contributed by atoms with Crippen molar-refractivity contribution in [3.8, 4) is 0 Å². The number of amidine groups is 1. The van der Waals surface area contributed by atoms with Gasteiger partial charge in [0.15, 0.2) is 0 Å². The van der Waals surface area contributed by atoms with E-state index in [1.165, 1.54) is 12.3 Å². The summed E-state index contributed by atoms with van der Waals surface area (Å²) in [4.78, 5) is 14.1. The van der Waals surface area contributed by atoms with E-state index in [9.17, 15) is 4.79 Å². The summed E-state index contributed by atoms with van der Waals surface area (Å²) < 4.78 is 0. The fourth-order valence-corrected chi connectivity index (χ4v) is 0.366. The summed E-state index contributed by atoms with van der Waals surface area (Å²) >= 11 is 0. The summed E-state index contributed by atoms with van der Waals surface area (Å²) in [5, 5.41) is 2.66. The predicted octanol–water partition coefficient (Wildman–Crippen LogP) is -1.46. The molecule has 5 heteroatoms. The minimum atomic E-state index is -0.352. The molecule has 0 bridgehead atoms. The maximum absolute atomic E-state index is 10.6. The normalized spacial score (nSPS) is 11.9. The number of nitrogens with zero attached hydrogens (tertiary/aromatic N) is 1. The lowest BCUT2D eigenvalue weighted by Gasteiger charge is -1.86. The zero-order valence-corrected chi connectivity index (χ0v) is 6.09. The second-order valence-corrected chi connectivity index (χ2v) is 1.71. The highest BCUT2D eigenvalue weighted by atomic mass is 16.1. The van der Waals surface area contributed by atoms with Crippen LogP contribution in [0.1, 0.15) is 6.92 Å². The summed E-state index contributed by atoms with van der Waals surface area (Å²) in [6.45, 7) is 1.56. The Kier molecular flexibility index (Phi) is 4.03. The Bertz CT molecular complexity index is 172. The molecular formula is C5H10BN3O. The smallest absolute Gasteiger partial charge is 0.272 e. The molecule has 0 aliphatic carbocycles. The van der Waals surface area contributed by atoms with Crippen LogP contribution < -0.4 is 11.0 Å². The molecule has 0 saturated carbocycles. The lowest BCUT2D eigenvalue weighted by Crippen LogP contribution is -2.08. The van der Waals surface area contributed by atoms with Crippen LogP contribution in [0, 0.1) is 0 Å². The third-order valence-corrected chi connectivity index (χ3v) is 0.679. The number of rotatable bonds is 2. The zero-order valence-electron chi connectivity index (χ0n) is 6.09. The maximum Gasteiger partial charge on any atom is 0.272 e. The van der Waals surface area contributed by atoms with Gasteiger partial charge in [0.2, 0.25) is 7.98 Å². The molecule has 0 radical (unpaired) electrons. The van der Waals surface area contributed by atoms with Gasteiger partial charge in [-0.1, -0.05) is 0 Å². The van der Waals surface area contributed by atoms with Crippen LogP contribution in [0.3, 0.4) is 0 Å². The van der Waals surface area contributed by atoms with Crippen molar-refractivity contribution in [2.75, 3.05) is 0 Å². The van der Waals surface area contributed by atoms with E-state index in [2.05, 4.69) is 10.2 Å². The standard InChI is InChI=1S/C5H10BN3O/c1-4(7)9-5(10)2-3-8-6/h2-3,8H,6H2,1H3,(H2,7,9,10)/b3-2-. The molecule has 10 heavy (non-hydrogen) atoms. The molecular weight excluding hydrogens is 129 g/mol. The van der Waals surface area contributed by atoms with Gasteiger partial charge in [-0.05, 0) is 13.1 Å². The second kappa shape index (κ2) is 4.61. The van der Waals surface area contributed by atoms with Crippen LogP contribution in [0.25, 0.3) is 0 Å². The summed E-state index contributed by atoms with van der Waals surface area (Å²) in [5.74, 6) is -0.0832. The number of nitrogens with two attached hydrogens (primary N) is 1. The molecule has 0 aromatic heterocycles. The van der Waals surface area contributed by atoms with Crippen molar-refractivity contribution in [1.82, 2.24) is 5.23 Å². The van der Waals surface area contributed by atoms with Crippen molar-refractivity contribution in [2.24, 2.45) is 10.7 Å². The monoisotopic (exact) mass is 139 g/mol. The molecule has 0 atom stereocenters. The van der Waals surface area contributed by atoms with Crippen molar-refractivity contribution >= 4 is 19.7 Å². The third-order valence-electron chi connectivity index (χ3n) is 0.679. The quantitative estimate of drug-likeness (QED) is 0.212. The molecule has 0 rings (SSSR count). The van der Waals surface area contributed by atoms with E-state index >= 15 is 0 Å². The average molecular weight is 139 g/mol. The van der Waals surface area contributed by atoms with Crippen molar-refractivity contribution in [2.45, 2.75) is 6.92 Å². The van der Waals surface area contributed by atoms with Crippen molar-refractivity contribution in [1.29, 1.82) is 0 Å². The Hall–Kier alpha value is -1.26. The molecule has 0 heterocycles. The third kappa shape index (κ3) is 4.89. The van der Waals surface area contributed by atoms with E-state index in [-0.39, 0.29) is 11.7 Å². The lowest BCUT2D eigenvalue weighted by molar-refractivity contribution is -0.113. The first-order chi connectivity index (χ1) is 4.66. The maximum atomic E-state index is 10.6. The molecule has 3 N–H and O–H groups in total. The minimum Gasteiger partial charge on any atom is -0.440 e. The van der Waals surface area contributed by atoms with Crippen LogP contribution in [-0.2, 0) is 4.79 Å². The van der Waals surface area contributed by atoms with E-state index < -0.39 is 0 Å². The van der Waals surface area contributed by atoms with E-state index in [0.717, 1.165) is 0 Å². The first kappa shape index (κ1) is 8.74. The molecule has 0 fully saturated rings. The van der Waals surface area contributed by atoms with Crippen LogP contribution in [0.5, 0.6) is 0 Å². The van der Waals surface area contributed by atoms with Crippen LogP contribution in [0.2, 0.25) is 0 Å². The highest BCUT2D eigenvalue weighted by molar-refractivity contribution is 6.05. The lowest BCUT2D eigenvalue weighted by atomic mass is 10.4. The van der Waals surface area contributed by atoms with Gasteiger partial charge >= 0.3 is 0 Å². The summed E-state index contributed by atoms with van der Waals surface area (Å²) in [7, 11) is 1.70. The Balaban J connectivity index is 3.87. The molecule has 0 aromatic carbocycles. The first-order valence-corrected chi connectivity index (χ1v) is 2.85. The fraction of sp³-hybridized carbons (Fsp3) is 0.200. The van der Waals surface area contributed by atoms with Gasteiger partial charge in [0.1, 0.15) is 5.84 Å². The summed E-state index contributed by atoms with van der Waals surface area (Å²) in [6.07, 6.45) is 2.80. The van der Waals surface area contributed by atoms with Crippen molar-refractivity contribution in [3.63, 3.8) is 0 Å². The molecule has 0 aromatic rings. The first-order valence-electron chi connectivity index (χ1n) is 2.85. The predicted molar refractivity (Wildman–Crippen MR) is 43.1 cm³/mol.